The number of carbonyl (C=O) groups is 3. The van der Waals surface area contributed by atoms with Gasteiger partial charge in [-0.05, 0) is 26.0 Å². The molecule has 0 aliphatic carbocycles. The van der Waals surface area contributed by atoms with Gasteiger partial charge in [0.25, 0.3) is 0 Å². The summed E-state index contributed by atoms with van der Waals surface area (Å²) >= 11 is 0. The number of hydrogen-bond acceptors (Lipinski definition) is 5. The van der Waals surface area contributed by atoms with Crippen LogP contribution in [0.15, 0.2) is 30.3 Å². The summed E-state index contributed by atoms with van der Waals surface area (Å²) in [4.78, 5) is 37.8. The normalized spacial score (nSPS) is 10.2. The summed E-state index contributed by atoms with van der Waals surface area (Å²) in [6.45, 7) is 5.14. The number of hydrogen-bond donors (Lipinski definition) is 0. The second-order valence-corrected chi connectivity index (χ2v) is 4.36. The molecule has 0 spiro atoms. The Bertz CT molecular complexity index is 497. The number of esters is 2. The van der Waals surface area contributed by atoms with Crippen LogP contribution in [0.3, 0.4) is 0 Å². The Morgan fingerprint density at radius 1 is 0.955 bits per heavy atom. The minimum absolute atomic E-state index is 0.109. The van der Waals surface area contributed by atoms with Crippen LogP contribution < -0.4 is 4.90 Å². The van der Waals surface area contributed by atoms with Gasteiger partial charge in [-0.15, -0.1) is 0 Å². The largest absolute Gasteiger partial charge is 0.464 e. The zero-order valence-electron chi connectivity index (χ0n) is 13.1. The Kier molecular flexibility index (Phi) is 7.08. The van der Waals surface area contributed by atoms with Crippen molar-refractivity contribution in [3.05, 3.63) is 30.3 Å². The maximum atomic E-state index is 12.3. The van der Waals surface area contributed by atoms with Crippen LogP contribution in [0.1, 0.15) is 27.2 Å². The number of nitrogens with zero attached hydrogens (tertiary/aromatic N) is 1. The number of ether oxygens (including phenoxy) is 2. The summed E-state index contributed by atoms with van der Waals surface area (Å²) < 4.78 is 9.87. The van der Waals surface area contributed by atoms with Crippen LogP contribution in [-0.2, 0) is 23.9 Å². The minimum atomic E-state index is -1.44. The molecule has 1 rings (SSSR count). The third-order valence-corrected chi connectivity index (χ3v) is 2.88. The highest BCUT2D eigenvalue weighted by Gasteiger charge is 2.38. The monoisotopic (exact) mass is 307 g/mol. The van der Waals surface area contributed by atoms with E-state index in [1.165, 1.54) is 0 Å². The quantitative estimate of drug-likeness (QED) is 0.568. The third kappa shape index (κ3) is 4.31. The SMILES string of the molecule is CCOC(=O)C(C(=O)OCC)N(C(=O)CC)c1ccccc1. The molecule has 120 valence electrons. The van der Waals surface area contributed by atoms with E-state index in [1.54, 1.807) is 51.1 Å². The second-order valence-electron chi connectivity index (χ2n) is 4.36. The molecule has 1 aromatic rings. The van der Waals surface area contributed by atoms with Crippen LogP contribution in [0.2, 0.25) is 0 Å². The molecule has 0 aromatic heterocycles. The number of benzene rings is 1. The molecule has 1 amide bonds. The fourth-order valence-electron chi connectivity index (χ4n) is 1.95. The zero-order valence-corrected chi connectivity index (χ0v) is 13.1. The molecule has 0 unspecified atom stereocenters. The van der Waals surface area contributed by atoms with Crippen molar-refractivity contribution in [3.63, 3.8) is 0 Å². The Labute approximate surface area is 130 Å². The molecule has 0 bridgehead atoms. The first-order valence-electron chi connectivity index (χ1n) is 7.27. The van der Waals surface area contributed by atoms with E-state index in [-0.39, 0.29) is 25.5 Å². The van der Waals surface area contributed by atoms with E-state index in [0.29, 0.717) is 5.69 Å². The van der Waals surface area contributed by atoms with Crippen molar-refractivity contribution in [1.82, 2.24) is 0 Å². The Morgan fingerprint density at radius 3 is 1.86 bits per heavy atom. The standard InChI is InChI=1S/C16H21NO5/c1-4-13(18)17(12-10-8-7-9-11-12)14(15(19)21-5-2)16(20)22-6-3/h7-11,14H,4-6H2,1-3H3. The summed E-state index contributed by atoms with van der Waals surface area (Å²) in [6.07, 6.45) is 0.143. The van der Waals surface area contributed by atoms with E-state index in [0.717, 1.165) is 4.90 Å². The molecule has 6 heteroatoms. The topological polar surface area (TPSA) is 72.9 Å². The van der Waals surface area contributed by atoms with Crippen molar-refractivity contribution in [2.45, 2.75) is 33.2 Å². The first-order valence-corrected chi connectivity index (χ1v) is 7.27. The lowest BCUT2D eigenvalue weighted by Crippen LogP contribution is -2.51. The van der Waals surface area contributed by atoms with Gasteiger partial charge in [-0.1, -0.05) is 25.1 Å². The average molecular weight is 307 g/mol. The average Bonchev–Trinajstić information content (AvgIpc) is 2.52. The molecule has 0 heterocycles. The van der Waals surface area contributed by atoms with Crippen molar-refractivity contribution >= 4 is 23.5 Å². The van der Waals surface area contributed by atoms with Gasteiger partial charge in [-0.2, -0.15) is 0 Å². The van der Waals surface area contributed by atoms with Gasteiger partial charge < -0.3 is 9.47 Å². The van der Waals surface area contributed by atoms with E-state index < -0.39 is 18.0 Å². The molecule has 0 aliphatic heterocycles. The minimum Gasteiger partial charge on any atom is -0.464 e. The van der Waals surface area contributed by atoms with E-state index in [9.17, 15) is 14.4 Å². The molecule has 0 atom stereocenters. The van der Waals surface area contributed by atoms with E-state index in [4.69, 9.17) is 9.47 Å². The van der Waals surface area contributed by atoms with Gasteiger partial charge in [0.05, 0.1) is 13.2 Å². The predicted molar refractivity (Wildman–Crippen MR) is 81.3 cm³/mol. The highest BCUT2D eigenvalue weighted by molar-refractivity contribution is 6.10. The van der Waals surface area contributed by atoms with Gasteiger partial charge in [0.1, 0.15) is 0 Å². The van der Waals surface area contributed by atoms with E-state index in [2.05, 4.69) is 0 Å². The van der Waals surface area contributed by atoms with Gasteiger partial charge in [-0.25, -0.2) is 9.59 Å². The highest BCUT2D eigenvalue weighted by atomic mass is 16.6. The Balaban J connectivity index is 3.26. The number of carbonyl (C=O) groups excluding carboxylic acids is 3. The van der Waals surface area contributed by atoms with Gasteiger partial charge in [0.2, 0.25) is 11.9 Å². The summed E-state index contributed by atoms with van der Waals surface area (Å²) in [5.74, 6) is -1.96. The molecular formula is C16H21NO5. The van der Waals surface area contributed by atoms with Crippen LogP contribution in [-0.4, -0.2) is 37.1 Å². The maximum Gasteiger partial charge on any atom is 0.341 e. The summed E-state index contributed by atoms with van der Waals surface area (Å²) in [5, 5.41) is 0. The van der Waals surface area contributed by atoms with Crippen molar-refractivity contribution < 1.29 is 23.9 Å². The zero-order chi connectivity index (χ0) is 16.5. The number of para-hydroxylation sites is 1. The van der Waals surface area contributed by atoms with E-state index >= 15 is 0 Å². The number of amides is 1. The van der Waals surface area contributed by atoms with E-state index in [1.807, 2.05) is 0 Å². The summed E-state index contributed by atoms with van der Waals surface area (Å²) in [5.41, 5.74) is 0.445. The molecular weight excluding hydrogens is 286 g/mol. The molecule has 0 saturated heterocycles. The fraction of sp³-hybridized carbons (Fsp3) is 0.438. The van der Waals surface area contributed by atoms with Crippen LogP contribution in [0, 0.1) is 0 Å². The molecule has 0 saturated carbocycles. The lowest BCUT2D eigenvalue weighted by Gasteiger charge is -2.28. The van der Waals surface area contributed by atoms with Crippen molar-refractivity contribution in [3.8, 4) is 0 Å². The molecule has 0 N–H and O–H groups in total. The first-order chi connectivity index (χ1) is 10.6. The van der Waals surface area contributed by atoms with Crippen molar-refractivity contribution in [1.29, 1.82) is 0 Å². The lowest BCUT2D eigenvalue weighted by atomic mass is 10.1. The molecule has 6 nitrogen and oxygen atoms in total. The summed E-state index contributed by atoms with van der Waals surface area (Å²) in [6, 6.07) is 7.09. The van der Waals surface area contributed by atoms with Gasteiger partial charge >= 0.3 is 11.9 Å². The molecule has 0 aliphatic rings. The van der Waals surface area contributed by atoms with Gasteiger partial charge in [-0.3, -0.25) is 9.69 Å². The molecule has 0 radical (unpaired) electrons. The lowest BCUT2D eigenvalue weighted by molar-refractivity contribution is -0.157. The molecule has 1 aromatic carbocycles. The van der Waals surface area contributed by atoms with Gasteiger partial charge in [0.15, 0.2) is 0 Å². The number of rotatable bonds is 7. The van der Waals surface area contributed by atoms with Crippen LogP contribution in [0.25, 0.3) is 0 Å². The highest BCUT2D eigenvalue weighted by Crippen LogP contribution is 2.20. The third-order valence-electron chi connectivity index (χ3n) is 2.88. The maximum absolute atomic E-state index is 12.3. The van der Waals surface area contributed by atoms with Crippen molar-refractivity contribution in [2.75, 3.05) is 18.1 Å². The van der Waals surface area contributed by atoms with Crippen LogP contribution in [0.4, 0.5) is 5.69 Å². The summed E-state index contributed by atoms with van der Waals surface area (Å²) in [7, 11) is 0. The Morgan fingerprint density at radius 2 is 1.45 bits per heavy atom. The smallest absolute Gasteiger partial charge is 0.341 e. The van der Waals surface area contributed by atoms with Crippen LogP contribution >= 0.6 is 0 Å². The number of anilines is 1. The van der Waals surface area contributed by atoms with Crippen molar-refractivity contribution in [2.24, 2.45) is 0 Å². The molecule has 22 heavy (non-hydrogen) atoms. The predicted octanol–water partition coefficient (Wildman–Crippen LogP) is 1.92. The van der Waals surface area contributed by atoms with Crippen LogP contribution in [0.5, 0.6) is 0 Å². The fourth-order valence-corrected chi connectivity index (χ4v) is 1.95. The second kappa shape index (κ2) is 8.81. The van der Waals surface area contributed by atoms with Gasteiger partial charge in [0, 0.05) is 12.1 Å². The first kappa shape index (κ1) is 17.7. The Hall–Kier alpha value is -2.37. The molecule has 0 fully saturated rings.